The maximum Gasteiger partial charge on any atom is 0.331 e. The van der Waals surface area contributed by atoms with Gasteiger partial charge >= 0.3 is 5.97 Å². The second-order valence-corrected chi connectivity index (χ2v) is 3.92. The lowest BCUT2D eigenvalue weighted by molar-refractivity contribution is -0.136. The highest BCUT2D eigenvalue weighted by atomic mass is 16.7. The molecule has 20 heavy (non-hydrogen) atoms. The number of allylic oxidation sites excluding steroid dienone is 5. The van der Waals surface area contributed by atoms with Crippen molar-refractivity contribution in [2.24, 2.45) is 0 Å². The van der Waals surface area contributed by atoms with Crippen LogP contribution in [0, 0.1) is 0 Å². The normalized spacial score (nSPS) is 11.9. The van der Waals surface area contributed by atoms with Crippen molar-refractivity contribution in [2.45, 2.75) is 25.6 Å². The third-order valence-corrected chi connectivity index (χ3v) is 2.38. The Bertz CT molecular complexity index is 338. The molecular weight excluding hydrogens is 256 g/mol. The molecule has 0 aromatic rings. The van der Waals surface area contributed by atoms with Crippen LogP contribution in [-0.4, -0.2) is 33.1 Å². The van der Waals surface area contributed by atoms with Crippen molar-refractivity contribution >= 4 is 5.97 Å². The Morgan fingerprint density at radius 2 is 1.85 bits per heavy atom. The highest BCUT2D eigenvalue weighted by Gasteiger charge is 2.02. The summed E-state index contributed by atoms with van der Waals surface area (Å²) in [5, 5.41) is 0. The minimum absolute atomic E-state index is 0.122. The molecule has 0 radical (unpaired) electrons. The fraction of sp³-hybridized carbons (Fsp3) is 0.438. The maximum atomic E-state index is 11.1. The van der Waals surface area contributed by atoms with Crippen LogP contribution >= 0.6 is 0 Å². The molecule has 0 fully saturated rings. The Hall–Kier alpha value is -1.65. The number of esters is 1. The van der Waals surface area contributed by atoms with Gasteiger partial charge in [-0.05, 0) is 19.3 Å². The molecule has 0 saturated carbocycles. The van der Waals surface area contributed by atoms with E-state index in [0.717, 1.165) is 19.3 Å². The molecule has 0 aromatic carbocycles. The molecule has 0 bridgehead atoms. The molecule has 0 aliphatic rings. The molecule has 0 rings (SSSR count). The summed E-state index contributed by atoms with van der Waals surface area (Å²) in [6, 6.07) is 0. The van der Waals surface area contributed by atoms with Gasteiger partial charge in [-0.1, -0.05) is 43.0 Å². The van der Waals surface area contributed by atoms with Crippen molar-refractivity contribution in [3.63, 3.8) is 0 Å². The summed E-state index contributed by atoms with van der Waals surface area (Å²) in [5.41, 5.74) is 0. The van der Waals surface area contributed by atoms with E-state index in [1.807, 2.05) is 12.2 Å². The van der Waals surface area contributed by atoms with E-state index in [0.29, 0.717) is 0 Å². The van der Waals surface area contributed by atoms with Crippen LogP contribution < -0.4 is 0 Å². The van der Waals surface area contributed by atoms with E-state index < -0.39 is 0 Å². The highest BCUT2D eigenvalue weighted by Crippen LogP contribution is 2.05. The van der Waals surface area contributed by atoms with E-state index in [9.17, 15) is 4.79 Å². The van der Waals surface area contributed by atoms with Gasteiger partial charge in [-0.15, -0.1) is 0 Å². The predicted octanol–water partition coefficient (Wildman–Crippen LogP) is 3.17. The average molecular weight is 280 g/mol. The summed E-state index contributed by atoms with van der Waals surface area (Å²) in [7, 11) is 3.28. The van der Waals surface area contributed by atoms with E-state index >= 15 is 0 Å². The molecule has 4 nitrogen and oxygen atoms in total. The van der Waals surface area contributed by atoms with Crippen molar-refractivity contribution in [1.29, 1.82) is 0 Å². The predicted molar refractivity (Wildman–Crippen MR) is 80.2 cm³/mol. The number of carbonyl (C=O) groups is 1. The molecule has 0 aliphatic carbocycles. The zero-order valence-electron chi connectivity index (χ0n) is 12.3. The van der Waals surface area contributed by atoms with Gasteiger partial charge in [-0.2, -0.15) is 0 Å². The third-order valence-electron chi connectivity index (χ3n) is 2.38. The van der Waals surface area contributed by atoms with Gasteiger partial charge < -0.3 is 14.2 Å². The minimum atomic E-state index is -0.372. The molecular formula is C16H24O4. The van der Waals surface area contributed by atoms with Crippen molar-refractivity contribution < 1.29 is 19.0 Å². The second kappa shape index (κ2) is 13.8. The monoisotopic (exact) mass is 280 g/mol. The van der Waals surface area contributed by atoms with Crippen LogP contribution in [0.5, 0.6) is 0 Å². The van der Waals surface area contributed by atoms with Gasteiger partial charge in [0.15, 0.2) is 6.29 Å². The lowest BCUT2D eigenvalue weighted by Gasteiger charge is -2.11. The molecule has 0 heterocycles. The highest BCUT2D eigenvalue weighted by molar-refractivity contribution is 5.82. The molecule has 0 atom stereocenters. The summed E-state index contributed by atoms with van der Waals surface area (Å²) in [4.78, 5) is 11.1. The van der Waals surface area contributed by atoms with Gasteiger partial charge in [0.05, 0.1) is 0 Å². The first-order valence-electron chi connectivity index (χ1n) is 6.57. The van der Waals surface area contributed by atoms with Gasteiger partial charge in [-0.3, -0.25) is 0 Å². The molecule has 0 unspecified atom stereocenters. The molecule has 0 N–H and O–H groups in total. The molecule has 0 saturated heterocycles. The van der Waals surface area contributed by atoms with E-state index in [1.165, 1.54) is 12.2 Å². The molecule has 112 valence electrons. The summed E-state index contributed by atoms with van der Waals surface area (Å²) in [5.74, 6) is -0.372. The summed E-state index contributed by atoms with van der Waals surface area (Å²) in [6.45, 7) is 3.69. The number of unbranched alkanes of at least 4 members (excludes halogenated alkanes) is 1. The Balaban J connectivity index is 3.68. The maximum absolute atomic E-state index is 11.1. The first-order chi connectivity index (χ1) is 9.74. The van der Waals surface area contributed by atoms with Gasteiger partial charge in [0.25, 0.3) is 0 Å². The van der Waals surface area contributed by atoms with Crippen LogP contribution in [0.3, 0.4) is 0 Å². The van der Waals surface area contributed by atoms with Crippen LogP contribution in [0.15, 0.2) is 49.1 Å². The standard InChI is InChI=1S/C16H24O4/c1-4-14-20-15(17)12-10-8-6-5-7-9-11-13-16(18-2)19-3/h4-8,10,12,16H,1,9,11,13-14H2,2-3H3/b7-5+,8-6+,12-10-. The summed E-state index contributed by atoms with van der Waals surface area (Å²) >= 11 is 0. The number of hydrogen-bond acceptors (Lipinski definition) is 4. The SMILES string of the molecule is C=CCOC(=O)\C=C/C=C/C=C/CCCC(OC)OC. The van der Waals surface area contributed by atoms with Gasteiger partial charge in [-0.25, -0.2) is 4.79 Å². The Morgan fingerprint density at radius 1 is 1.15 bits per heavy atom. The zero-order valence-corrected chi connectivity index (χ0v) is 12.3. The van der Waals surface area contributed by atoms with Crippen LogP contribution in [0.4, 0.5) is 0 Å². The number of hydrogen-bond donors (Lipinski definition) is 0. The molecule has 0 aromatic heterocycles. The number of ether oxygens (including phenoxy) is 3. The smallest absolute Gasteiger partial charge is 0.331 e. The zero-order chi connectivity index (χ0) is 15.1. The number of carbonyl (C=O) groups excluding carboxylic acids is 1. The second-order valence-electron chi connectivity index (χ2n) is 3.92. The van der Waals surface area contributed by atoms with Crippen molar-refractivity contribution in [3.05, 3.63) is 49.1 Å². The van der Waals surface area contributed by atoms with E-state index in [2.05, 4.69) is 12.7 Å². The van der Waals surface area contributed by atoms with Crippen molar-refractivity contribution in [2.75, 3.05) is 20.8 Å². The first kappa shape index (κ1) is 18.4. The topological polar surface area (TPSA) is 44.8 Å². The van der Waals surface area contributed by atoms with E-state index in [1.54, 1.807) is 26.4 Å². The summed E-state index contributed by atoms with van der Waals surface area (Å²) in [6.07, 6.45) is 14.9. The van der Waals surface area contributed by atoms with E-state index in [4.69, 9.17) is 14.2 Å². The molecule has 0 aliphatic heterocycles. The van der Waals surface area contributed by atoms with Crippen LogP contribution in [0.25, 0.3) is 0 Å². The van der Waals surface area contributed by atoms with Gasteiger partial charge in [0, 0.05) is 20.3 Å². The quantitative estimate of drug-likeness (QED) is 0.146. The minimum Gasteiger partial charge on any atom is -0.458 e. The van der Waals surface area contributed by atoms with E-state index in [-0.39, 0.29) is 18.9 Å². The van der Waals surface area contributed by atoms with Crippen LogP contribution in [0.1, 0.15) is 19.3 Å². The lowest BCUT2D eigenvalue weighted by Crippen LogP contribution is -2.11. The van der Waals surface area contributed by atoms with Crippen molar-refractivity contribution in [1.82, 2.24) is 0 Å². The van der Waals surface area contributed by atoms with Gasteiger partial charge in [0.1, 0.15) is 6.61 Å². The van der Waals surface area contributed by atoms with Crippen LogP contribution in [-0.2, 0) is 19.0 Å². The summed E-state index contributed by atoms with van der Waals surface area (Å²) < 4.78 is 15.0. The van der Waals surface area contributed by atoms with Crippen LogP contribution in [0.2, 0.25) is 0 Å². The largest absolute Gasteiger partial charge is 0.458 e. The number of methoxy groups -OCH3 is 2. The van der Waals surface area contributed by atoms with Gasteiger partial charge in [0.2, 0.25) is 0 Å². The third kappa shape index (κ3) is 11.4. The molecule has 0 amide bonds. The molecule has 0 spiro atoms. The fourth-order valence-corrected chi connectivity index (χ4v) is 1.36. The Kier molecular flexibility index (Phi) is 12.6. The Morgan fingerprint density at radius 3 is 2.50 bits per heavy atom. The Labute approximate surface area is 121 Å². The molecule has 4 heteroatoms. The lowest BCUT2D eigenvalue weighted by atomic mass is 10.2. The fourth-order valence-electron chi connectivity index (χ4n) is 1.36. The van der Waals surface area contributed by atoms with Crippen molar-refractivity contribution in [3.8, 4) is 0 Å². The first-order valence-corrected chi connectivity index (χ1v) is 6.57. The average Bonchev–Trinajstić information content (AvgIpc) is 2.47. The number of rotatable bonds is 11.